The molecule has 0 aliphatic carbocycles. The molecular formula is C11H10N2O2. The fraction of sp³-hybridized carbons (Fsp3) is 0.0909. The van der Waals surface area contributed by atoms with Crippen molar-refractivity contribution in [2.75, 3.05) is 0 Å². The van der Waals surface area contributed by atoms with Gasteiger partial charge in [0.25, 0.3) is 0 Å². The maximum Gasteiger partial charge on any atom is 0.354 e. The van der Waals surface area contributed by atoms with E-state index >= 15 is 0 Å². The molecule has 0 amide bonds. The molecule has 0 aliphatic rings. The molecule has 4 heteroatoms. The van der Waals surface area contributed by atoms with E-state index in [1.54, 1.807) is 11.6 Å². The summed E-state index contributed by atoms with van der Waals surface area (Å²) in [6.45, 7) is 0. The summed E-state index contributed by atoms with van der Waals surface area (Å²) in [5, 5.41) is 8.87. The zero-order valence-electron chi connectivity index (χ0n) is 8.21. The minimum atomic E-state index is -0.966. The molecule has 0 saturated carbocycles. The lowest BCUT2D eigenvalue weighted by atomic mass is 10.2. The highest BCUT2D eigenvalue weighted by atomic mass is 16.4. The summed E-state index contributed by atoms with van der Waals surface area (Å²) in [6, 6.07) is 9.49. The van der Waals surface area contributed by atoms with Crippen molar-refractivity contribution in [2.45, 2.75) is 0 Å². The molecule has 0 radical (unpaired) electrons. The predicted octanol–water partition coefficient (Wildman–Crippen LogP) is 1.79. The third kappa shape index (κ3) is 1.61. The van der Waals surface area contributed by atoms with Crippen LogP contribution in [-0.2, 0) is 7.05 Å². The fourth-order valence-corrected chi connectivity index (χ4v) is 1.46. The molecule has 4 nitrogen and oxygen atoms in total. The van der Waals surface area contributed by atoms with Gasteiger partial charge in [0.15, 0.2) is 0 Å². The van der Waals surface area contributed by atoms with Crippen molar-refractivity contribution < 1.29 is 9.90 Å². The Kier molecular flexibility index (Phi) is 2.25. The topological polar surface area (TPSA) is 55.1 Å². The highest BCUT2D eigenvalue weighted by Crippen LogP contribution is 2.17. The number of rotatable bonds is 2. The largest absolute Gasteiger partial charge is 0.477 e. The van der Waals surface area contributed by atoms with E-state index in [0.717, 1.165) is 5.56 Å². The van der Waals surface area contributed by atoms with Crippen LogP contribution >= 0.6 is 0 Å². The van der Waals surface area contributed by atoms with E-state index < -0.39 is 5.97 Å². The molecule has 0 spiro atoms. The average molecular weight is 202 g/mol. The van der Waals surface area contributed by atoms with Crippen molar-refractivity contribution >= 4 is 5.97 Å². The van der Waals surface area contributed by atoms with Crippen LogP contribution in [0.15, 0.2) is 36.5 Å². The Balaban J connectivity index is 2.52. The van der Waals surface area contributed by atoms with E-state index in [9.17, 15) is 4.79 Å². The Morgan fingerprint density at radius 2 is 2.00 bits per heavy atom. The Hall–Kier alpha value is -2.10. The van der Waals surface area contributed by atoms with Crippen molar-refractivity contribution in [3.8, 4) is 11.4 Å². The summed E-state index contributed by atoms with van der Waals surface area (Å²) in [5.74, 6) is -0.305. The molecule has 0 bridgehead atoms. The van der Waals surface area contributed by atoms with E-state index in [-0.39, 0.29) is 5.69 Å². The van der Waals surface area contributed by atoms with Crippen LogP contribution in [0.5, 0.6) is 0 Å². The molecule has 1 heterocycles. The van der Waals surface area contributed by atoms with Gasteiger partial charge in [0.1, 0.15) is 11.5 Å². The molecule has 0 unspecified atom stereocenters. The number of hydrogen-bond donors (Lipinski definition) is 1. The quantitative estimate of drug-likeness (QED) is 0.807. The second-order valence-electron chi connectivity index (χ2n) is 3.20. The minimum absolute atomic E-state index is 0.189. The van der Waals surface area contributed by atoms with Crippen molar-refractivity contribution in [3.05, 3.63) is 42.2 Å². The predicted molar refractivity (Wildman–Crippen MR) is 55.6 cm³/mol. The number of carboxylic acids is 1. The number of imidazole rings is 1. The second kappa shape index (κ2) is 3.57. The lowest BCUT2D eigenvalue weighted by Crippen LogP contribution is -2.05. The number of nitrogens with zero attached hydrogens (tertiary/aromatic N) is 2. The van der Waals surface area contributed by atoms with Gasteiger partial charge in [0, 0.05) is 12.6 Å². The van der Waals surface area contributed by atoms with Crippen molar-refractivity contribution in [3.63, 3.8) is 0 Å². The van der Waals surface area contributed by atoms with Gasteiger partial charge in [-0.05, 0) is 0 Å². The third-order valence-electron chi connectivity index (χ3n) is 2.24. The Morgan fingerprint density at radius 1 is 1.33 bits per heavy atom. The maximum atomic E-state index is 10.8. The SMILES string of the molecule is Cn1c(C(=O)O)cnc1-c1ccccc1. The first kappa shape index (κ1) is 9.45. The number of carbonyl (C=O) groups is 1. The monoisotopic (exact) mass is 202 g/mol. The first-order valence-electron chi connectivity index (χ1n) is 4.50. The summed E-state index contributed by atoms with van der Waals surface area (Å²) in [5.41, 5.74) is 1.10. The van der Waals surface area contributed by atoms with E-state index in [4.69, 9.17) is 5.11 Å². The minimum Gasteiger partial charge on any atom is -0.477 e. The third-order valence-corrected chi connectivity index (χ3v) is 2.24. The number of aromatic carboxylic acids is 1. The summed E-state index contributed by atoms with van der Waals surface area (Å²) >= 11 is 0. The Morgan fingerprint density at radius 3 is 2.53 bits per heavy atom. The van der Waals surface area contributed by atoms with E-state index in [2.05, 4.69) is 4.98 Å². The molecular weight excluding hydrogens is 192 g/mol. The van der Waals surface area contributed by atoms with Gasteiger partial charge in [-0.3, -0.25) is 0 Å². The second-order valence-corrected chi connectivity index (χ2v) is 3.20. The molecule has 0 atom stereocenters. The van der Waals surface area contributed by atoms with Crippen LogP contribution in [-0.4, -0.2) is 20.6 Å². The number of benzene rings is 1. The van der Waals surface area contributed by atoms with Crippen LogP contribution in [0.2, 0.25) is 0 Å². The Bertz CT molecular complexity index is 489. The van der Waals surface area contributed by atoms with Gasteiger partial charge in [-0.2, -0.15) is 0 Å². The van der Waals surface area contributed by atoms with Gasteiger partial charge in [-0.25, -0.2) is 9.78 Å². The molecule has 76 valence electrons. The fourth-order valence-electron chi connectivity index (χ4n) is 1.46. The first-order chi connectivity index (χ1) is 7.20. The molecule has 2 rings (SSSR count). The average Bonchev–Trinajstić information content (AvgIpc) is 2.61. The zero-order valence-corrected chi connectivity index (χ0v) is 8.21. The van der Waals surface area contributed by atoms with Crippen molar-refractivity contribution in [1.82, 2.24) is 9.55 Å². The number of aromatic nitrogens is 2. The molecule has 0 saturated heterocycles. The van der Waals surface area contributed by atoms with Crippen LogP contribution in [0.25, 0.3) is 11.4 Å². The van der Waals surface area contributed by atoms with Gasteiger partial charge in [0.05, 0.1) is 6.20 Å². The molecule has 0 fully saturated rings. The van der Waals surface area contributed by atoms with Gasteiger partial charge >= 0.3 is 5.97 Å². The highest BCUT2D eigenvalue weighted by molar-refractivity contribution is 5.86. The Labute approximate surface area is 86.8 Å². The number of carboxylic acid groups (broad SMARTS) is 1. The van der Waals surface area contributed by atoms with E-state index in [0.29, 0.717) is 5.82 Å². The van der Waals surface area contributed by atoms with Crippen LogP contribution in [0, 0.1) is 0 Å². The van der Waals surface area contributed by atoms with Gasteiger partial charge < -0.3 is 9.67 Å². The van der Waals surface area contributed by atoms with Gasteiger partial charge in [-0.1, -0.05) is 30.3 Å². The maximum absolute atomic E-state index is 10.8. The van der Waals surface area contributed by atoms with Crippen LogP contribution < -0.4 is 0 Å². The molecule has 1 aromatic carbocycles. The lowest BCUT2D eigenvalue weighted by Gasteiger charge is -2.02. The summed E-state index contributed by atoms with van der Waals surface area (Å²) in [7, 11) is 1.69. The van der Waals surface area contributed by atoms with Gasteiger partial charge in [0.2, 0.25) is 0 Å². The standard InChI is InChI=1S/C11H10N2O2/c1-13-9(11(14)15)7-12-10(13)8-5-3-2-4-6-8/h2-7H,1H3,(H,14,15). The number of hydrogen-bond acceptors (Lipinski definition) is 2. The molecule has 2 aromatic rings. The summed E-state index contributed by atoms with van der Waals surface area (Å²) < 4.78 is 1.57. The van der Waals surface area contributed by atoms with Gasteiger partial charge in [-0.15, -0.1) is 0 Å². The van der Waals surface area contributed by atoms with Crippen LogP contribution in [0.3, 0.4) is 0 Å². The molecule has 0 aliphatic heterocycles. The molecule has 1 aromatic heterocycles. The smallest absolute Gasteiger partial charge is 0.354 e. The first-order valence-corrected chi connectivity index (χ1v) is 4.50. The summed E-state index contributed by atoms with van der Waals surface area (Å²) in [6.07, 6.45) is 1.37. The van der Waals surface area contributed by atoms with Crippen molar-refractivity contribution in [1.29, 1.82) is 0 Å². The van der Waals surface area contributed by atoms with E-state index in [1.165, 1.54) is 6.20 Å². The highest BCUT2D eigenvalue weighted by Gasteiger charge is 2.12. The van der Waals surface area contributed by atoms with Crippen molar-refractivity contribution in [2.24, 2.45) is 7.05 Å². The van der Waals surface area contributed by atoms with E-state index in [1.807, 2.05) is 30.3 Å². The lowest BCUT2D eigenvalue weighted by molar-refractivity contribution is 0.0686. The summed E-state index contributed by atoms with van der Waals surface area (Å²) in [4.78, 5) is 14.9. The molecule has 1 N–H and O–H groups in total. The van der Waals surface area contributed by atoms with Crippen LogP contribution in [0.1, 0.15) is 10.5 Å². The van der Waals surface area contributed by atoms with Crippen LogP contribution in [0.4, 0.5) is 0 Å². The normalized spacial score (nSPS) is 10.2. The molecule has 15 heavy (non-hydrogen) atoms. The zero-order chi connectivity index (χ0) is 10.8.